The number of ketones is 1. The summed E-state index contributed by atoms with van der Waals surface area (Å²) in [7, 11) is -3.56. The second-order valence-corrected chi connectivity index (χ2v) is 21.1. The van der Waals surface area contributed by atoms with Gasteiger partial charge in [-0.15, -0.1) is 0 Å². The van der Waals surface area contributed by atoms with Crippen molar-refractivity contribution in [3.05, 3.63) is 0 Å². The molecule has 4 N–H and O–H groups in total. The number of nitrogens with one attached hydrogen (secondary N) is 4. The largest absolute Gasteiger partial charge is 0.347 e. The van der Waals surface area contributed by atoms with E-state index in [1.807, 2.05) is 27.7 Å². The highest BCUT2D eigenvalue weighted by molar-refractivity contribution is 7.92. The van der Waals surface area contributed by atoms with Gasteiger partial charge in [0.2, 0.25) is 17.6 Å². The molecule has 1 aliphatic heterocycles. The summed E-state index contributed by atoms with van der Waals surface area (Å²) in [6.07, 6.45) is 6.25. The van der Waals surface area contributed by atoms with Crippen LogP contribution in [-0.4, -0.2) is 89.1 Å². The Labute approximate surface area is 292 Å². The monoisotopic (exact) mass is 705 g/mol. The molecule has 0 radical (unpaired) electrons. The number of piperidine rings is 1. The summed E-state index contributed by atoms with van der Waals surface area (Å²) in [5, 5.41) is 11.6. The molecule has 5 aliphatic rings. The van der Waals surface area contributed by atoms with Crippen LogP contribution in [0.2, 0.25) is 0 Å². The van der Waals surface area contributed by atoms with Crippen molar-refractivity contribution in [1.82, 2.24) is 26.2 Å². The number of rotatable bonds is 11. The third-order valence-electron chi connectivity index (χ3n) is 12.2. The summed E-state index contributed by atoms with van der Waals surface area (Å²) >= 11 is 0. The molecule has 12 nitrogen and oxygen atoms in total. The maximum Gasteiger partial charge on any atom is 0.315 e. The van der Waals surface area contributed by atoms with Gasteiger partial charge in [-0.25, -0.2) is 13.2 Å². The number of urea groups is 1. The van der Waals surface area contributed by atoms with Gasteiger partial charge >= 0.3 is 6.03 Å². The standard InChI is InChI=1S/C36H59N5O7S/c1-10-21-18-36(21,27(42)29(44)37-22-14-15-22)39-28(43)25-24-23(34(24,8)9)19-41(25)30(45)26(32(2,3)4)38-31(46)40-35(16-12-11-13-17-35)20-49(47,48)33(5,6)7/h21-26H,10-20H2,1-9H3,(H,37,44)(H,39,43)(H2,38,40,46)/t21-,23-,24-,25-,26-,36+/m0/s1. The number of Topliss-reactive ketones (excluding diaryl/α,β-unsaturated/α-hetero) is 1. The third-order valence-corrected chi connectivity index (χ3v) is 15.0. The van der Waals surface area contributed by atoms with Crippen LogP contribution in [0.25, 0.3) is 0 Å². The lowest BCUT2D eigenvalue weighted by Crippen LogP contribution is -2.64. The minimum absolute atomic E-state index is 0.00825. The van der Waals surface area contributed by atoms with Crippen LogP contribution in [0, 0.1) is 28.6 Å². The molecular weight excluding hydrogens is 646 g/mol. The van der Waals surface area contributed by atoms with E-state index in [4.69, 9.17) is 0 Å². The first-order valence-electron chi connectivity index (χ1n) is 18.3. The molecule has 4 saturated carbocycles. The molecular formula is C36H59N5O7S. The topological polar surface area (TPSA) is 171 Å². The first-order chi connectivity index (χ1) is 22.5. The van der Waals surface area contributed by atoms with E-state index in [1.165, 1.54) is 0 Å². The van der Waals surface area contributed by atoms with Crippen LogP contribution in [0.1, 0.15) is 120 Å². The Morgan fingerprint density at radius 2 is 1.53 bits per heavy atom. The average molecular weight is 706 g/mol. The first-order valence-corrected chi connectivity index (χ1v) is 19.9. The van der Waals surface area contributed by atoms with Crippen molar-refractivity contribution in [3.63, 3.8) is 0 Å². The Morgan fingerprint density at radius 1 is 0.918 bits per heavy atom. The Kier molecular flexibility index (Phi) is 9.59. The van der Waals surface area contributed by atoms with E-state index < -0.39 is 72.7 Å². The van der Waals surface area contributed by atoms with Crippen molar-refractivity contribution in [2.24, 2.45) is 28.6 Å². The van der Waals surface area contributed by atoms with Gasteiger partial charge in [0.15, 0.2) is 9.84 Å². The summed E-state index contributed by atoms with van der Waals surface area (Å²) in [5.74, 6) is -2.55. The lowest BCUT2D eigenvalue weighted by molar-refractivity contribution is -0.146. The van der Waals surface area contributed by atoms with Crippen LogP contribution >= 0.6 is 0 Å². The lowest BCUT2D eigenvalue weighted by Gasteiger charge is -2.41. The molecule has 0 spiro atoms. The van der Waals surface area contributed by atoms with Crippen molar-refractivity contribution in [1.29, 1.82) is 0 Å². The lowest BCUT2D eigenvalue weighted by atomic mass is 9.83. The molecule has 0 aromatic carbocycles. The van der Waals surface area contributed by atoms with Crippen molar-refractivity contribution in [3.8, 4) is 0 Å². The molecule has 5 amide bonds. The molecule has 276 valence electrons. The molecule has 6 atom stereocenters. The Morgan fingerprint density at radius 3 is 2.04 bits per heavy atom. The van der Waals surface area contributed by atoms with Crippen LogP contribution in [0.4, 0.5) is 4.79 Å². The zero-order valence-corrected chi connectivity index (χ0v) is 31.8. The second kappa shape index (κ2) is 12.5. The summed E-state index contributed by atoms with van der Waals surface area (Å²) in [4.78, 5) is 70.3. The molecule has 5 fully saturated rings. The van der Waals surface area contributed by atoms with Crippen molar-refractivity contribution >= 4 is 39.4 Å². The van der Waals surface area contributed by atoms with Gasteiger partial charge in [-0.3, -0.25) is 19.2 Å². The van der Waals surface area contributed by atoms with Crippen LogP contribution < -0.4 is 21.3 Å². The van der Waals surface area contributed by atoms with Crippen molar-refractivity contribution in [2.45, 2.75) is 154 Å². The van der Waals surface area contributed by atoms with E-state index in [-0.39, 0.29) is 35.0 Å². The predicted molar refractivity (Wildman–Crippen MR) is 186 cm³/mol. The summed E-state index contributed by atoms with van der Waals surface area (Å²) in [5.41, 5.74) is -3.17. The van der Waals surface area contributed by atoms with Crippen molar-refractivity contribution < 1.29 is 32.4 Å². The van der Waals surface area contributed by atoms with E-state index in [0.717, 1.165) is 32.1 Å². The number of carbonyl (C=O) groups is 5. The number of hydrogen-bond donors (Lipinski definition) is 4. The zero-order chi connectivity index (χ0) is 36.5. The fraction of sp³-hybridized carbons (Fsp3) is 0.861. The number of fused-ring (bicyclic) bond motifs is 1. The van der Waals surface area contributed by atoms with Gasteiger partial charge in [-0.2, -0.15) is 0 Å². The summed E-state index contributed by atoms with van der Waals surface area (Å²) in [6, 6.07) is -2.49. The molecule has 5 rings (SSSR count). The Bertz CT molecular complexity index is 1490. The van der Waals surface area contributed by atoms with Gasteiger partial charge in [0.05, 0.1) is 16.0 Å². The van der Waals surface area contributed by atoms with Gasteiger partial charge in [0.25, 0.3) is 5.91 Å². The molecule has 0 aromatic heterocycles. The molecule has 0 aromatic rings. The maximum atomic E-state index is 14.5. The van der Waals surface area contributed by atoms with E-state index in [0.29, 0.717) is 32.2 Å². The SMILES string of the molecule is CC[C@H]1C[C@]1(NC(=O)[C@@H]1[C@@H]2[C@H](CN1C(=O)[C@H](NC(=O)NC1(CS(=O)(=O)C(C)(C)C)CCCCC1)C(C)(C)C)C2(C)C)C(=O)C(=O)NC1CC1. The van der Waals surface area contributed by atoms with Crippen LogP contribution in [-0.2, 0) is 29.0 Å². The van der Waals surface area contributed by atoms with E-state index in [9.17, 15) is 32.4 Å². The van der Waals surface area contributed by atoms with Gasteiger partial charge in [-0.1, -0.05) is 67.2 Å². The molecule has 4 aliphatic carbocycles. The highest BCUT2D eigenvalue weighted by atomic mass is 32.2. The number of hydrogen-bond acceptors (Lipinski definition) is 7. The van der Waals surface area contributed by atoms with E-state index >= 15 is 0 Å². The molecule has 0 unspecified atom stereocenters. The predicted octanol–water partition coefficient (Wildman–Crippen LogP) is 3.23. The minimum Gasteiger partial charge on any atom is -0.347 e. The highest BCUT2D eigenvalue weighted by Gasteiger charge is 2.71. The first kappa shape index (κ1) is 37.6. The second-order valence-electron chi connectivity index (χ2n) is 18.3. The normalized spacial score (nSPS) is 30.8. The van der Waals surface area contributed by atoms with E-state index in [1.54, 1.807) is 25.7 Å². The van der Waals surface area contributed by atoms with Crippen molar-refractivity contribution in [2.75, 3.05) is 12.3 Å². The smallest absolute Gasteiger partial charge is 0.315 e. The number of carbonyl (C=O) groups excluding carboxylic acids is 5. The summed E-state index contributed by atoms with van der Waals surface area (Å²) in [6.45, 7) is 16.9. The van der Waals surface area contributed by atoms with Crippen LogP contribution in [0.5, 0.6) is 0 Å². The quantitative estimate of drug-likeness (QED) is 0.239. The summed E-state index contributed by atoms with van der Waals surface area (Å²) < 4.78 is 25.6. The molecule has 1 heterocycles. The van der Waals surface area contributed by atoms with Gasteiger partial charge < -0.3 is 26.2 Å². The Balaban J connectivity index is 1.35. The molecule has 0 bridgehead atoms. The van der Waals surface area contributed by atoms with Gasteiger partial charge in [0.1, 0.15) is 17.6 Å². The molecule has 13 heteroatoms. The van der Waals surface area contributed by atoms with Gasteiger partial charge in [-0.05, 0) is 81.5 Å². The van der Waals surface area contributed by atoms with Crippen LogP contribution in [0.3, 0.4) is 0 Å². The number of likely N-dealkylation sites (tertiary alicyclic amines) is 1. The number of amides is 5. The fourth-order valence-corrected chi connectivity index (χ4v) is 9.96. The van der Waals surface area contributed by atoms with Crippen LogP contribution in [0.15, 0.2) is 0 Å². The average Bonchev–Trinajstić information content (AvgIpc) is 3.93. The highest BCUT2D eigenvalue weighted by Crippen LogP contribution is 2.65. The molecule has 1 saturated heterocycles. The Hall–Kier alpha value is -2.70. The number of sulfone groups is 1. The van der Waals surface area contributed by atoms with Gasteiger partial charge in [0, 0.05) is 12.6 Å². The third kappa shape index (κ3) is 7.24. The fourth-order valence-electron chi connectivity index (χ4n) is 8.44. The maximum absolute atomic E-state index is 14.5. The zero-order valence-electron chi connectivity index (χ0n) is 31.0. The van der Waals surface area contributed by atoms with E-state index in [2.05, 4.69) is 35.1 Å². The molecule has 49 heavy (non-hydrogen) atoms. The minimum atomic E-state index is -3.56. The number of nitrogens with zero attached hydrogens (tertiary/aromatic N) is 1.